The van der Waals surface area contributed by atoms with Gasteiger partial charge in [-0.1, -0.05) is 12.1 Å². The number of Topliss-reactive ketones (excluding diaryl/α,β-unsaturated/α-hetero) is 1. The largest absolute Gasteiger partial charge is 0.456 e. The maximum Gasteiger partial charge on any atom is 0.215 e. The molecule has 0 unspecified atom stereocenters. The highest BCUT2D eigenvalue weighted by Crippen LogP contribution is 2.33. The number of nitrogens with zero attached hydrogens (tertiary/aromatic N) is 4. The van der Waals surface area contributed by atoms with E-state index in [0.29, 0.717) is 28.2 Å². The van der Waals surface area contributed by atoms with E-state index < -0.39 is 11.9 Å². The molecule has 3 aromatic heterocycles. The molecule has 0 aliphatic heterocycles. The Kier molecular flexibility index (Phi) is 6.01. The fourth-order valence-electron chi connectivity index (χ4n) is 3.97. The number of ether oxygens (including phenoxy) is 1. The summed E-state index contributed by atoms with van der Waals surface area (Å²) >= 11 is 0. The smallest absolute Gasteiger partial charge is 0.215 e. The number of ketones is 1. The molecule has 35 heavy (non-hydrogen) atoms. The average Bonchev–Trinajstić information content (AvgIpc) is 3.38. The van der Waals surface area contributed by atoms with Crippen molar-refractivity contribution in [1.82, 2.24) is 19.5 Å². The van der Waals surface area contributed by atoms with Crippen molar-refractivity contribution in [2.24, 2.45) is 0 Å². The fourth-order valence-corrected chi connectivity index (χ4v) is 3.97. The van der Waals surface area contributed by atoms with Crippen LogP contribution in [0.3, 0.4) is 0 Å². The first-order chi connectivity index (χ1) is 17.0. The molecule has 0 saturated carbocycles. The number of fused-ring (bicyclic) bond motifs is 1. The fraction of sp³-hybridized carbons (Fsp3) is 0.111. The van der Waals surface area contributed by atoms with Gasteiger partial charge in [-0.2, -0.15) is 13.8 Å². The zero-order valence-corrected chi connectivity index (χ0v) is 18.8. The zero-order valence-electron chi connectivity index (χ0n) is 18.8. The number of pyridine rings is 2. The molecule has 0 bridgehead atoms. The van der Waals surface area contributed by atoms with Gasteiger partial charge in [0.1, 0.15) is 11.5 Å². The Balaban J connectivity index is 1.38. The summed E-state index contributed by atoms with van der Waals surface area (Å²) in [6, 6.07) is 15.2. The summed E-state index contributed by atoms with van der Waals surface area (Å²) in [5, 5.41) is 0.828. The first-order valence-corrected chi connectivity index (χ1v) is 11.0. The highest BCUT2D eigenvalue weighted by molar-refractivity contribution is 5.98. The molecule has 2 aromatic carbocycles. The van der Waals surface area contributed by atoms with Crippen LogP contribution in [-0.2, 0) is 6.42 Å². The molecule has 5 rings (SSSR count). The number of rotatable bonds is 7. The number of carbonyl (C=O) groups is 1. The Morgan fingerprint density at radius 2 is 1.83 bits per heavy atom. The number of aromatic nitrogens is 4. The van der Waals surface area contributed by atoms with E-state index in [9.17, 15) is 13.6 Å². The van der Waals surface area contributed by atoms with Crippen LogP contribution in [0.2, 0.25) is 0 Å². The average molecular weight is 470 g/mol. The van der Waals surface area contributed by atoms with E-state index in [1.165, 1.54) is 0 Å². The highest BCUT2D eigenvalue weighted by atomic mass is 19.1. The van der Waals surface area contributed by atoms with Gasteiger partial charge in [-0.3, -0.25) is 9.78 Å². The first kappa shape index (κ1) is 22.3. The third-order valence-electron chi connectivity index (χ3n) is 5.76. The standard InChI is InChI=1S/C27H20F2N4O2/c1-17-20(23(34)8-5-18-13-26(28)32-27(29)14-18)3-2-4-24(17)35-25-9-10-31-22-15-19(6-7-21(22)25)33-12-11-30-16-33/h2-4,6-7,9-16H,5,8H2,1H3. The summed E-state index contributed by atoms with van der Waals surface area (Å²) in [6.07, 6.45) is 7.26. The van der Waals surface area contributed by atoms with E-state index in [-0.39, 0.29) is 18.6 Å². The molecule has 0 aliphatic rings. The van der Waals surface area contributed by atoms with E-state index >= 15 is 0 Å². The van der Waals surface area contributed by atoms with Crippen LogP contribution in [0.1, 0.15) is 27.9 Å². The van der Waals surface area contributed by atoms with Crippen molar-refractivity contribution in [3.05, 3.63) is 108 Å². The number of aryl methyl sites for hydroxylation is 1. The molecule has 0 spiro atoms. The van der Waals surface area contributed by atoms with Gasteiger partial charge in [0.05, 0.1) is 11.8 Å². The lowest BCUT2D eigenvalue weighted by Crippen LogP contribution is -2.05. The molecular formula is C27H20F2N4O2. The summed E-state index contributed by atoms with van der Waals surface area (Å²) in [4.78, 5) is 24.5. The van der Waals surface area contributed by atoms with Gasteiger partial charge in [0.2, 0.25) is 11.9 Å². The SMILES string of the molecule is Cc1c(Oc2ccnc3cc(-n4ccnc4)ccc23)cccc1C(=O)CCc1cc(F)nc(F)c1. The molecule has 0 saturated heterocycles. The molecule has 5 aromatic rings. The van der Waals surface area contributed by atoms with Crippen molar-refractivity contribution in [2.75, 3.05) is 0 Å². The first-order valence-electron chi connectivity index (χ1n) is 11.0. The second-order valence-electron chi connectivity index (χ2n) is 8.06. The Morgan fingerprint density at radius 3 is 2.60 bits per heavy atom. The number of carbonyl (C=O) groups excluding carboxylic acids is 1. The maximum absolute atomic E-state index is 13.3. The third-order valence-corrected chi connectivity index (χ3v) is 5.76. The van der Waals surface area contributed by atoms with Crippen molar-refractivity contribution in [3.8, 4) is 17.2 Å². The van der Waals surface area contributed by atoms with Crippen LogP contribution in [-0.4, -0.2) is 25.3 Å². The number of halogens is 2. The van der Waals surface area contributed by atoms with Crippen LogP contribution in [0.25, 0.3) is 16.6 Å². The van der Waals surface area contributed by atoms with Crippen molar-refractivity contribution < 1.29 is 18.3 Å². The Bertz CT molecular complexity index is 1510. The molecule has 8 heteroatoms. The molecule has 3 heterocycles. The van der Waals surface area contributed by atoms with Crippen molar-refractivity contribution in [2.45, 2.75) is 19.8 Å². The minimum absolute atomic E-state index is 0.0996. The predicted octanol–water partition coefficient (Wildman–Crippen LogP) is 6.01. The van der Waals surface area contributed by atoms with Gasteiger partial charge in [0.25, 0.3) is 0 Å². The lowest BCUT2D eigenvalue weighted by Gasteiger charge is -2.14. The maximum atomic E-state index is 13.3. The van der Waals surface area contributed by atoms with Gasteiger partial charge >= 0.3 is 0 Å². The van der Waals surface area contributed by atoms with Crippen LogP contribution in [0, 0.1) is 18.8 Å². The Morgan fingerprint density at radius 1 is 1.00 bits per heavy atom. The third kappa shape index (κ3) is 4.77. The van der Waals surface area contributed by atoms with E-state index in [1.807, 2.05) is 35.9 Å². The normalized spacial score (nSPS) is 11.1. The molecule has 174 valence electrons. The van der Waals surface area contributed by atoms with Crippen molar-refractivity contribution in [1.29, 1.82) is 0 Å². The zero-order chi connectivity index (χ0) is 24.4. The number of benzene rings is 2. The second kappa shape index (κ2) is 9.42. The quantitative estimate of drug-likeness (QED) is 0.215. The molecule has 0 aliphatic carbocycles. The Labute approximate surface area is 199 Å². The number of hydrogen-bond donors (Lipinski definition) is 0. The monoisotopic (exact) mass is 470 g/mol. The van der Waals surface area contributed by atoms with Gasteiger partial charge in [-0.05, 0) is 61.4 Å². The van der Waals surface area contributed by atoms with E-state index in [2.05, 4.69) is 15.0 Å². The summed E-state index contributed by atoms with van der Waals surface area (Å²) in [5.41, 5.74) is 3.25. The molecule has 6 nitrogen and oxygen atoms in total. The molecule has 0 atom stereocenters. The van der Waals surface area contributed by atoms with Crippen LogP contribution in [0.4, 0.5) is 8.78 Å². The van der Waals surface area contributed by atoms with Gasteiger partial charge in [-0.15, -0.1) is 0 Å². The van der Waals surface area contributed by atoms with Crippen LogP contribution < -0.4 is 4.74 Å². The summed E-state index contributed by atoms with van der Waals surface area (Å²) in [6.45, 7) is 1.81. The lowest BCUT2D eigenvalue weighted by atomic mass is 9.99. The van der Waals surface area contributed by atoms with Crippen molar-refractivity contribution >= 4 is 16.7 Å². The molecule has 0 amide bonds. The predicted molar refractivity (Wildman–Crippen MR) is 127 cm³/mol. The molecule has 0 radical (unpaired) electrons. The summed E-state index contributed by atoms with van der Waals surface area (Å²) in [5.74, 6) is -0.790. The second-order valence-corrected chi connectivity index (χ2v) is 8.06. The molecule has 0 N–H and O–H groups in total. The van der Waals surface area contributed by atoms with E-state index in [4.69, 9.17) is 4.74 Å². The van der Waals surface area contributed by atoms with E-state index in [0.717, 1.165) is 28.7 Å². The number of imidazole rings is 1. The summed E-state index contributed by atoms with van der Waals surface area (Å²) in [7, 11) is 0. The topological polar surface area (TPSA) is 69.9 Å². The van der Waals surface area contributed by atoms with Crippen LogP contribution in [0.15, 0.2) is 79.5 Å². The summed E-state index contributed by atoms with van der Waals surface area (Å²) < 4.78 is 34.8. The van der Waals surface area contributed by atoms with Gasteiger partial charge in [0, 0.05) is 47.2 Å². The number of hydrogen-bond acceptors (Lipinski definition) is 5. The van der Waals surface area contributed by atoms with Gasteiger partial charge < -0.3 is 9.30 Å². The van der Waals surface area contributed by atoms with Gasteiger partial charge in [0.15, 0.2) is 5.78 Å². The minimum Gasteiger partial charge on any atom is -0.456 e. The van der Waals surface area contributed by atoms with Crippen LogP contribution in [0.5, 0.6) is 11.5 Å². The lowest BCUT2D eigenvalue weighted by molar-refractivity contribution is 0.0981. The Hall–Kier alpha value is -4.46. The minimum atomic E-state index is -0.902. The molecule has 0 fully saturated rings. The van der Waals surface area contributed by atoms with Crippen LogP contribution >= 0.6 is 0 Å². The molecular weight excluding hydrogens is 450 g/mol. The van der Waals surface area contributed by atoms with Gasteiger partial charge in [-0.25, -0.2) is 4.98 Å². The van der Waals surface area contributed by atoms with E-state index in [1.54, 1.807) is 43.0 Å². The van der Waals surface area contributed by atoms with Crippen molar-refractivity contribution in [3.63, 3.8) is 0 Å². The highest BCUT2D eigenvalue weighted by Gasteiger charge is 2.15.